The average Bonchev–Trinajstić information content (AvgIpc) is 2.41. The molecule has 4 heteroatoms. The first kappa shape index (κ1) is 14.0. The van der Waals surface area contributed by atoms with Crippen LogP contribution in [0.25, 0.3) is 0 Å². The zero-order valence-electron chi connectivity index (χ0n) is 10.8. The predicted octanol–water partition coefficient (Wildman–Crippen LogP) is 3.33. The van der Waals surface area contributed by atoms with Crippen LogP contribution in [0.2, 0.25) is 0 Å². The molecule has 100 valence electrons. The maximum absolute atomic E-state index is 14.2. The summed E-state index contributed by atoms with van der Waals surface area (Å²) in [6, 6.07) is 5.81. The molecule has 0 amide bonds. The largest absolute Gasteiger partial charge is 0.314 e. The lowest BCUT2D eigenvalue weighted by Crippen LogP contribution is -2.45. The minimum Gasteiger partial charge on any atom is -0.314 e. The van der Waals surface area contributed by atoms with Gasteiger partial charge in [-0.3, -0.25) is 4.90 Å². The van der Waals surface area contributed by atoms with Crippen molar-refractivity contribution < 1.29 is 4.39 Å². The summed E-state index contributed by atoms with van der Waals surface area (Å²) in [6.45, 7) is 6.14. The van der Waals surface area contributed by atoms with E-state index in [1.54, 1.807) is 6.07 Å². The summed E-state index contributed by atoms with van der Waals surface area (Å²) in [6.07, 6.45) is 2.08. The summed E-state index contributed by atoms with van der Waals surface area (Å²) in [4.78, 5) is 2.39. The molecule has 0 unspecified atom stereocenters. The smallest absolute Gasteiger partial charge is 0.142 e. The van der Waals surface area contributed by atoms with Crippen molar-refractivity contribution >= 4 is 15.9 Å². The molecule has 1 aliphatic heterocycles. The topological polar surface area (TPSA) is 15.3 Å². The van der Waals surface area contributed by atoms with Gasteiger partial charge in [0.2, 0.25) is 0 Å². The average molecular weight is 315 g/mol. The van der Waals surface area contributed by atoms with Crippen molar-refractivity contribution in [3.05, 3.63) is 34.1 Å². The van der Waals surface area contributed by atoms with Gasteiger partial charge >= 0.3 is 0 Å². The Hall–Kier alpha value is -0.450. The molecule has 1 aliphatic rings. The minimum atomic E-state index is -0.102. The summed E-state index contributed by atoms with van der Waals surface area (Å²) in [5.41, 5.74) is 0.827. The number of hydrogen-bond donors (Lipinski definition) is 1. The van der Waals surface area contributed by atoms with Crippen molar-refractivity contribution in [2.24, 2.45) is 0 Å². The monoisotopic (exact) mass is 314 g/mol. The van der Waals surface area contributed by atoms with Gasteiger partial charge in [0.25, 0.3) is 0 Å². The third-order valence-corrected chi connectivity index (χ3v) is 4.11. The van der Waals surface area contributed by atoms with E-state index in [4.69, 9.17) is 0 Å². The lowest BCUT2D eigenvalue weighted by Gasteiger charge is -2.35. The van der Waals surface area contributed by atoms with Crippen LogP contribution in [0.15, 0.2) is 22.7 Å². The zero-order chi connectivity index (χ0) is 13.0. The molecule has 0 aromatic heterocycles. The Balaban J connectivity index is 2.25. The fourth-order valence-electron chi connectivity index (χ4n) is 2.58. The summed E-state index contributed by atoms with van der Waals surface area (Å²) < 4.78 is 14.8. The number of nitrogens with one attached hydrogen (secondary N) is 1. The second-order valence-corrected chi connectivity index (χ2v) is 5.59. The minimum absolute atomic E-state index is 0.102. The van der Waals surface area contributed by atoms with Gasteiger partial charge in [-0.25, -0.2) is 4.39 Å². The molecule has 18 heavy (non-hydrogen) atoms. The second-order valence-electron chi connectivity index (χ2n) is 4.73. The molecule has 2 nitrogen and oxygen atoms in total. The quantitative estimate of drug-likeness (QED) is 0.917. The number of rotatable bonds is 4. The molecule has 1 aromatic rings. The molecule has 0 spiro atoms. The van der Waals surface area contributed by atoms with E-state index in [0.29, 0.717) is 4.47 Å². The summed E-state index contributed by atoms with van der Waals surface area (Å²) in [5.74, 6) is -0.102. The second kappa shape index (κ2) is 6.64. The molecule has 1 saturated heterocycles. The van der Waals surface area contributed by atoms with Crippen LogP contribution in [0, 0.1) is 5.82 Å². The van der Waals surface area contributed by atoms with Crippen LogP contribution in [0.5, 0.6) is 0 Å². The highest BCUT2D eigenvalue weighted by atomic mass is 79.9. The van der Waals surface area contributed by atoms with E-state index in [0.717, 1.165) is 44.6 Å². The van der Waals surface area contributed by atoms with Gasteiger partial charge in [0, 0.05) is 37.8 Å². The molecular formula is C14H20BrFN2. The lowest BCUT2D eigenvalue weighted by atomic mass is 9.99. The lowest BCUT2D eigenvalue weighted by molar-refractivity contribution is 0.161. The first-order valence-electron chi connectivity index (χ1n) is 6.62. The molecule has 1 atom stereocenters. The van der Waals surface area contributed by atoms with Crippen molar-refractivity contribution in [2.45, 2.75) is 25.8 Å². The van der Waals surface area contributed by atoms with E-state index in [1.807, 2.05) is 12.1 Å². The van der Waals surface area contributed by atoms with Crippen molar-refractivity contribution in [1.82, 2.24) is 10.2 Å². The van der Waals surface area contributed by atoms with E-state index >= 15 is 0 Å². The molecule has 0 saturated carbocycles. The Bertz CT molecular complexity index is 391. The Kier molecular flexibility index (Phi) is 5.15. The van der Waals surface area contributed by atoms with Crippen LogP contribution < -0.4 is 5.32 Å². The molecule has 1 N–H and O–H groups in total. The maximum Gasteiger partial charge on any atom is 0.142 e. The van der Waals surface area contributed by atoms with Crippen LogP contribution in [-0.2, 0) is 0 Å². The van der Waals surface area contributed by atoms with Gasteiger partial charge < -0.3 is 5.32 Å². The van der Waals surface area contributed by atoms with Crippen molar-refractivity contribution in [2.75, 3.05) is 26.2 Å². The number of benzene rings is 1. The Morgan fingerprint density at radius 3 is 2.78 bits per heavy atom. The van der Waals surface area contributed by atoms with Gasteiger partial charge in [0.05, 0.1) is 4.47 Å². The van der Waals surface area contributed by atoms with Gasteiger partial charge in [0.1, 0.15) is 5.82 Å². The van der Waals surface area contributed by atoms with Crippen molar-refractivity contribution in [3.8, 4) is 0 Å². The van der Waals surface area contributed by atoms with Crippen LogP contribution in [0.3, 0.4) is 0 Å². The van der Waals surface area contributed by atoms with Gasteiger partial charge in [-0.05, 0) is 28.4 Å². The third-order valence-electron chi connectivity index (χ3n) is 3.49. The first-order chi connectivity index (χ1) is 8.74. The highest BCUT2D eigenvalue weighted by Crippen LogP contribution is 2.31. The molecule has 1 fully saturated rings. The zero-order valence-corrected chi connectivity index (χ0v) is 12.3. The van der Waals surface area contributed by atoms with Gasteiger partial charge in [0.15, 0.2) is 0 Å². The summed E-state index contributed by atoms with van der Waals surface area (Å²) in [5, 5.41) is 3.34. The molecule has 0 radical (unpaired) electrons. The Morgan fingerprint density at radius 2 is 2.11 bits per heavy atom. The van der Waals surface area contributed by atoms with Crippen molar-refractivity contribution in [3.63, 3.8) is 0 Å². The SMILES string of the molecule is CCC[C@@H](c1cccc(Br)c1F)N1CCNCC1. The summed E-state index contributed by atoms with van der Waals surface area (Å²) in [7, 11) is 0. The number of nitrogens with zero attached hydrogens (tertiary/aromatic N) is 1. The van der Waals surface area contributed by atoms with Gasteiger partial charge in [-0.15, -0.1) is 0 Å². The van der Waals surface area contributed by atoms with E-state index in [2.05, 4.69) is 33.1 Å². The van der Waals surface area contributed by atoms with Crippen LogP contribution in [0.4, 0.5) is 4.39 Å². The predicted molar refractivity (Wildman–Crippen MR) is 76.2 cm³/mol. The third kappa shape index (κ3) is 3.11. The van der Waals surface area contributed by atoms with Crippen LogP contribution in [0.1, 0.15) is 31.4 Å². The number of halogens is 2. The highest BCUT2D eigenvalue weighted by molar-refractivity contribution is 9.10. The molecule has 1 aromatic carbocycles. The van der Waals surface area contributed by atoms with Gasteiger partial charge in [-0.2, -0.15) is 0 Å². The Labute approximate surface area is 117 Å². The van der Waals surface area contributed by atoms with Crippen LogP contribution in [-0.4, -0.2) is 31.1 Å². The molecule has 1 heterocycles. The molecule has 0 bridgehead atoms. The van der Waals surface area contributed by atoms with E-state index in [9.17, 15) is 4.39 Å². The normalized spacial score (nSPS) is 18.8. The maximum atomic E-state index is 14.2. The fourth-order valence-corrected chi connectivity index (χ4v) is 2.96. The van der Waals surface area contributed by atoms with Gasteiger partial charge in [-0.1, -0.05) is 25.5 Å². The molecule has 0 aliphatic carbocycles. The summed E-state index contributed by atoms with van der Waals surface area (Å²) >= 11 is 3.28. The Morgan fingerprint density at radius 1 is 1.39 bits per heavy atom. The first-order valence-corrected chi connectivity index (χ1v) is 7.42. The van der Waals surface area contributed by atoms with E-state index in [1.165, 1.54) is 0 Å². The standard InChI is InChI=1S/C14H20BrFN2/c1-2-4-13(18-9-7-17-8-10-18)11-5-3-6-12(15)14(11)16/h3,5-6,13,17H,2,4,7-10H2,1H3/t13-/m0/s1. The van der Waals surface area contributed by atoms with E-state index < -0.39 is 0 Å². The molecule has 2 rings (SSSR count). The van der Waals surface area contributed by atoms with Crippen molar-refractivity contribution in [1.29, 1.82) is 0 Å². The molecular weight excluding hydrogens is 295 g/mol. The number of hydrogen-bond acceptors (Lipinski definition) is 2. The fraction of sp³-hybridized carbons (Fsp3) is 0.571. The van der Waals surface area contributed by atoms with Crippen LogP contribution >= 0.6 is 15.9 Å². The number of piperazine rings is 1. The highest BCUT2D eigenvalue weighted by Gasteiger charge is 2.24. The van der Waals surface area contributed by atoms with E-state index in [-0.39, 0.29) is 11.9 Å².